The molecule has 0 amide bonds. The minimum Gasteiger partial charge on any atom is -0.461 e. The summed E-state index contributed by atoms with van der Waals surface area (Å²) in [7, 11) is 0. The van der Waals surface area contributed by atoms with Crippen LogP contribution in [0, 0.1) is 7.14 Å². The molecule has 0 radical (unpaired) electrons. The smallest absolute Gasteiger partial charge is 0.150 e. The molecule has 5 rings (SSSR count). The fraction of sp³-hybridized carbons (Fsp3) is 0.387. The van der Waals surface area contributed by atoms with Gasteiger partial charge in [-0.25, -0.2) is 0 Å². The van der Waals surface area contributed by atoms with Crippen LogP contribution in [0.5, 0.6) is 0 Å². The van der Waals surface area contributed by atoms with Crippen LogP contribution in [0.2, 0.25) is 0 Å². The van der Waals surface area contributed by atoms with Gasteiger partial charge in [0.25, 0.3) is 0 Å². The van der Waals surface area contributed by atoms with Crippen molar-refractivity contribution >= 4 is 80.4 Å². The first-order valence-corrected chi connectivity index (χ1v) is 15.4. The zero-order valence-corrected chi connectivity index (χ0v) is 26.8. The molecule has 4 nitrogen and oxygen atoms in total. The Morgan fingerprint density at radius 1 is 1.11 bits per heavy atom. The Balaban J connectivity index is 0.00000336. The average Bonchev–Trinajstić information content (AvgIpc) is 3.54. The molecule has 0 spiro atoms. The fourth-order valence-corrected chi connectivity index (χ4v) is 7.54. The third kappa shape index (κ3) is 6.40. The molecule has 0 saturated carbocycles. The number of carbonyl (C=O) groups is 1. The van der Waals surface area contributed by atoms with Crippen molar-refractivity contribution in [2.75, 3.05) is 26.2 Å². The third-order valence-electron chi connectivity index (χ3n) is 7.43. The van der Waals surface area contributed by atoms with Crippen molar-refractivity contribution in [1.29, 1.82) is 0 Å². The fourth-order valence-electron chi connectivity index (χ4n) is 5.60. The second-order valence-corrected chi connectivity index (χ2v) is 12.5. The van der Waals surface area contributed by atoms with E-state index in [0.717, 1.165) is 91.3 Å². The van der Waals surface area contributed by atoms with Crippen LogP contribution in [0.3, 0.4) is 0 Å². The summed E-state index contributed by atoms with van der Waals surface area (Å²) in [4.78, 5) is 14.7. The molecular weight excluding hydrogens is 724 g/mol. The van der Waals surface area contributed by atoms with Crippen LogP contribution in [-0.4, -0.2) is 37.4 Å². The number of allylic oxidation sites excluding steroid dienone is 2. The van der Waals surface area contributed by atoms with Crippen LogP contribution in [0.25, 0.3) is 16.5 Å². The molecule has 38 heavy (non-hydrogen) atoms. The number of aryl methyl sites for hydroxylation is 1. The maximum Gasteiger partial charge on any atom is 0.150 e. The topological polar surface area (TPSA) is 42.7 Å². The molecule has 202 valence electrons. The Labute approximate surface area is 258 Å². The number of halogens is 3. The van der Waals surface area contributed by atoms with E-state index in [9.17, 15) is 4.79 Å². The van der Waals surface area contributed by atoms with Crippen LogP contribution in [0.15, 0.2) is 64.6 Å². The minimum absolute atomic E-state index is 0. The maximum atomic E-state index is 12.2. The lowest BCUT2D eigenvalue weighted by molar-refractivity contribution is -0.104. The first kappa shape index (κ1) is 29.8. The average molecular weight is 758 g/mol. The zero-order valence-electron chi connectivity index (χ0n) is 21.7. The number of hydrogen-bond acceptors (Lipinski definition) is 4. The number of furan rings is 1. The molecule has 1 aliphatic carbocycles. The van der Waals surface area contributed by atoms with Crippen molar-refractivity contribution in [1.82, 2.24) is 4.90 Å². The van der Waals surface area contributed by atoms with Crippen LogP contribution in [0.1, 0.15) is 55.9 Å². The predicted molar refractivity (Wildman–Crippen MR) is 174 cm³/mol. The Bertz CT molecular complexity index is 1320. The van der Waals surface area contributed by atoms with Gasteiger partial charge in [-0.05, 0) is 119 Å². The molecule has 1 atom stereocenters. The molecule has 0 N–H and O–H groups in total. The number of benzene rings is 2. The van der Waals surface area contributed by atoms with Crippen molar-refractivity contribution in [2.24, 2.45) is 0 Å². The summed E-state index contributed by atoms with van der Waals surface area (Å²) in [5.74, 6) is 1.000. The molecule has 2 heterocycles. The first-order chi connectivity index (χ1) is 18.0. The molecule has 2 aliphatic rings. The van der Waals surface area contributed by atoms with Crippen LogP contribution in [0.4, 0.5) is 0 Å². The van der Waals surface area contributed by atoms with Gasteiger partial charge in [-0.2, -0.15) is 0 Å². The minimum atomic E-state index is -0.704. The molecule has 1 unspecified atom stereocenters. The SMILES string of the molecule is CCCCc1oc2ccccc2c1C1(OCCN2CCCC2)C=C(c2cc(I)cc(I)c2)C(C=O)=CC1.Cl. The number of aldehydes is 1. The summed E-state index contributed by atoms with van der Waals surface area (Å²) in [5, 5.41) is 1.10. The lowest BCUT2D eigenvalue weighted by atomic mass is 9.78. The van der Waals surface area contributed by atoms with Gasteiger partial charge in [-0.1, -0.05) is 37.6 Å². The summed E-state index contributed by atoms with van der Waals surface area (Å²) < 4.78 is 15.7. The number of likely N-dealkylation sites (tertiary alicyclic amines) is 1. The van der Waals surface area contributed by atoms with Gasteiger partial charge in [0.05, 0.1) is 6.61 Å². The number of unbranched alkanes of at least 4 members (excludes halogenated alkanes) is 1. The van der Waals surface area contributed by atoms with E-state index in [0.29, 0.717) is 13.0 Å². The highest BCUT2D eigenvalue weighted by Gasteiger charge is 2.39. The van der Waals surface area contributed by atoms with E-state index in [1.54, 1.807) is 0 Å². The standard InChI is InChI=1S/C31H33I2NO3.ClH/c1-2-3-9-29-30(26-8-4-5-10-28(26)37-29)31(36-16-15-34-13-6-7-14-34)12-11-22(21-35)27(20-31)23-17-24(32)19-25(33)18-23;/h4-5,8,10-11,17-21H,2-3,6-7,9,12-16H2,1H3;1H. The predicted octanol–water partition coefficient (Wildman–Crippen LogP) is 8.33. The molecule has 3 aromatic rings. The van der Waals surface area contributed by atoms with Crippen LogP contribution >= 0.6 is 57.6 Å². The molecule has 1 fully saturated rings. The summed E-state index contributed by atoms with van der Waals surface area (Å²) >= 11 is 4.70. The monoisotopic (exact) mass is 757 g/mol. The lowest BCUT2D eigenvalue weighted by Gasteiger charge is -2.35. The Hall–Kier alpha value is -1.20. The third-order valence-corrected chi connectivity index (χ3v) is 8.67. The Morgan fingerprint density at radius 2 is 1.84 bits per heavy atom. The Morgan fingerprint density at radius 3 is 2.55 bits per heavy atom. The molecule has 7 heteroatoms. The number of para-hydroxylation sites is 1. The van der Waals surface area contributed by atoms with Gasteiger partial charge in [0, 0.05) is 43.0 Å². The lowest BCUT2D eigenvalue weighted by Crippen LogP contribution is -2.34. The van der Waals surface area contributed by atoms with Crippen molar-refractivity contribution in [2.45, 2.75) is 51.0 Å². The van der Waals surface area contributed by atoms with Gasteiger partial charge in [0.15, 0.2) is 0 Å². The Kier molecular flexibility index (Phi) is 10.5. The van der Waals surface area contributed by atoms with Crippen LogP contribution < -0.4 is 0 Å². The first-order valence-electron chi connectivity index (χ1n) is 13.2. The zero-order chi connectivity index (χ0) is 25.8. The highest BCUT2D eigenvalue weighted by atomic mass is 127. The molecule has 1 saturated heterocycles. The van der Waals surface area contributed by atoms with E-state index in [-0.39, 0.29) is 12.4 Å². The van der Waals surface area contributed by atoms with Gasteiger partial charge in [0.2, 0.25) is 0 Å². The van der Waals surface area contributed by atoms with Gasteiger partial charge in [-0.3, -0.25) is 4.79 Å². The van der Waals surface area contributed by atoms with Crippen molar-refractivity contribution in [3.8, 4) is 0 Å². The van der Waals surface area contributed by atoms with Gasteiger partial charge in [-0.15, -0.1) is 12.4 Å². The maximum absolute atomic E-state index is 12.2. The summed E-state index contributed by atoms with van der Waals surface area (Å²) in [6.45, 7) is 6.04. The quantitative estimate of drug-likeness (QED) is 0.154. The summed E-state index contributed by atoms with van der Waals surface area (Å²) in [6.07, 6.45) is 11.4. The van der Waals surface area contributed by atoms with Gasteiger partial charge >= 0.3 is 0 Å². The van der Waals surface area contributed by atoms with Crippen LogP contribution in [-0.2, 0) is 21.6 Å². The highest BCUT2D eigenvalue weighted by Crippen LogP contribution is 2.46. The molecule has 0 bridgehead atoms. The molecular formula is C31H34ClI2NO3. The number of ether oxygens (including phenoxy) is 1. The number of fused-ring (bicyclic) bond motifs is 1. The van der Waals surface area contributed by atoms with E-state index < -0.39 is 5.60 Å². The van der Waals surface area contributed by atoms with E-state index in [2.05, 4.69) is 99.5 Å². The van der Waals surface area contributed by atoms with E-state index >= 15 is 0 Å². The van der Waals surface area contributed by atoms with Crippen molar-refractivity contribution in [3.63, 3.8) is 0 Å². The van der Waals surface area contributed by atoms with E-state index in [4.69, 9.17) is 9.15 Å². The van der Waals surface area contributed by atoms with E-state index in [1.165, 1.54) is 12.8 Å². The molecule has 1 aliphatic heterocycles. The van der Waals surface area contributed by atoms with E-state index in [1.807, 2.05) is 12.1 Å². The highest BCUT2D eigenvalue weighted by molar-refractivity contribution is 14.1. The van der Waals surface area contributed by atoms with Crippen molar-refractivity contribution < 1.29 is 13.9 Å². The largest absolute Gasteiger partial charge is 0.461 e. The number of carbonyl (C=O) groups excluding carboxylic acids is 1. The summed E-state index contributed by atoms with van der Waals surface area (Å²) in [5.41, 5.74) is 4.02. The number of hydrogen-bond donors (Lipinski definition) is 0. The van der Waals surface area contributed by atoms with Gasteiger partial charge in [0.1, 0.15) is 23.2 Å². The molecule has 2 aromatic carbocycles. The molecule has 1 aromatic heterocycles. The second-order valence-electron chi connectivity index (χ2n) is 9.98. The van der Waals surface area contributed by atoms with Crippen molar-refractivity contribution in [3.05, 3.63) is 84.2 Å². The number of nitrogens with zero attached hydrogens (tertiary/aromatic N) is 1. The van der Waals surface area contributed by atoms with Gasteiger partial charge < -0.3 is 14.1 Å². The number of rotatable bonds is 10. The normalized spacial score (nSPS) is 19.8. The second kappa shape index (κ2) is 13.4. The summed E-state index contributed by atoms with van der Waals surface area (Å²) in [6, 6.07) is 14.7.